The molecule has 0 atom stereocenters. The summed E-state index contributed by atoms with van der Waals surface area (Å²) in [6.45, 7) is 1.34. The van der Waals surface area contributed by atoms with Gasteiger partial charge in [-0.3, -0.25) is 4.79 Å². The highest BCUT2D eigenvalue weighted by Gasteiger charge is 2.35. The average Bonchev–Trinajstić information content (AvgIpc) is 2.73. The van der Waals surface area contributed by atoms with Crippen molar-refractivity contribution in [2.45, 2.75) is 19.0 Å². The second kappa shape index (κ2) is 7.55. The first kappa shape index (κ1) is 19.5. The largest absolute Gasteiger partial charge is 0.418 e. The summed E-state index contributed by atoms with van der Waals surface area (Å²) in [5, 5.41) is 9.65. The fourth-order valence-electron chi connectivity index (χ4n) is 3.95. The number of aliphatic hydroxyl groups is 1. The van der Waals surface area contributed by atoms with Gasteiger partial charge in [0.25, 0.3) is 0 Å². The molecule has 4 nitrogen and oxygen atoms in total. The first-order valence-corrected chi connectivity index (χ1v) is 9.56. The topological polar surface area (TPSA) is 45.5 Å². The van der Waals surface area contributed by atoms with Gasteiger partial charge >= 0.3 is 6.18 Å². The van der Waals surface area contributed by atoms with E-state index >= 15 is 0 Å². The highest BCUT2D eigenvalue weighted by atomic mass is 19.4. The van der Waals surface area contributed by atoms with Gasteiger partial charge in [0.1, 0.15) is 0 Å². The molecule has 0 bridgehead atoms. The Hall–Kier alpha value is -2.80. The molecule has 1 aliphatic heterocycles. The van der Waals surface area contributed by atoms with Crippen LogP contribution in [-0.2, 0) is 6.18 Å². The molecule has 7 heteroatoms. The van der Waals surface area contributed by atoms with Crippen molar-refractivity contribution in [3.63, 3.8) is 0 Å². The van der Waals surface area contributed by atoms with Crippen LogP contribution in [-0.4, -0.2) is 29.4 Å². The van der Waals surface area contributed by atoms with Crippen molar-refractivity contribution < 1.29 is 18.3 Å². The third-order valence-electron chi connectivity index (χ3n) is 5.59. The molecule has 3 aromatic rings. The Bertz CT molecular complexity index is 1080. The summed E-state index contributed by atoms with van der Waals surface area (Å²) in [7, 11) is 0. The zero-order valence-electron chi connectivity index (χ0n) is 15.7. The normalized spacial score (nSPS) is 15.8. The summed E-state index contributed by atoms with van der Waals surface area (Å²) in [5.41, 5.74) is -0.0330. The summed E-state index contributed by atoms with van der Waals surface area (Å²) in [6.07, 6.45) is -1.64. The van der Waals surface area contributed by atoms with Crippen molar-refractivity contribution in [3.8, 4) is 5.69 Å². The van der Waals surface area contributed by atoms with Crippen molar-refractivity contribution in [2.75, 3.05) is 24.6 Å². The van der Waals surface area contributed by atoms with Crippen LogP contribution in [0.25, 0.3) is 16.6 Å². The lowest BCUT2D eigenvalue weighted by molar-refractivity contribution is -0.137. The number of aromatic nitrogens is 1. The Kier molecular flexibility index (Phi) is 5.08. The fourth-order valence-corrected chi connectivity index (χ4v) is 3.95. The molecule has 152 valence electrons. The molecule has 0 spiro atoms. The highest BCUT2D eigenvalue weighted by Crippen LogP contribution is 2.37. The Labute approximate surface area is 165 Å². The Balaban J connectivity index is 1.81. The van der Waals surface area contributed by atoms with Gasteiger partial charge in [0.05, 0.1) is 16.8 Å². The average molecular weight is 402 g/mol. The van der Waals surface area contributed by atoms with Gasteiger partial charge in [-0.1, -0.05) is 12.1 Å². The van der Waals surface area contributed by atoms with Crippen LogP contribution in [0.5, 0.6) is 0 Å². The molecule has 0 saturated carbocycles. The second-order valence-corrected chi connectivity index (χ2v) is 7.38. The van der Waals surface area contributed by atoms with Crippen molar-refractivity contribution >= 4 is 16.6 Å². The first-order chi connectivity index (χ1) is 13.9. The highest BCUT2D eigenvalue weighted by molar-refractivity contribution is 5.81. The van der Waals surface area contributed by atoms with Crippen molar-refractivity contribution in [2.24, 2.45) is 5.92 Å². The van der Waals surface area contributed by atoms with Crippen LogP contribution in [0.3, 0.4) is 0 Å². The van der Waals surface area contributed by atoms with Gasteiger partial charge in [-0.2, -0.15) is 13.2 Å². The number of piperidine rings is 1. The lowest BCUT2D eigenvalue weighted by Crippen LogP contribution is -2.34. The molecule has 29 heavy (non-hydrogen) atoms. The van der Waals surface area contributed by atoms with Crippen molar-refractivity contribution in [1.29, 1.82) is 0 Å². The van der Waals surface area contributed by atoms with E-state index in [-0.39, 0.29) is 23.6 Å². The molecule has 2 heterocycles. The smallest absolute Gasteiger partial charge is 0.396 e. The van der Waals surface area contributed by atoms with Gasteiger partial charge < -0.3 is 14.6 Å². The second-order valence-electron chi connectivity index (χ2n) is 7.38. The first-order valence-electron chi connectivity index (χ1n) is 9.56. The minimum atomic E-state index is -4.54. The molecular formula is C22H21F3N2O2. The van der Waals surface area contributed by atoms with E-state index < -0.39 is 11.7 Å². The molecule has 0 radical (unpaired) electrons. The number of hydrogen-bond donors (Lipinski definition) is 1. The summed E-state index contributed by atoms with van der Waals surface area (Å²) >= 11 is 0. The van der Waals surface area contributed by atoms with Crippen molar-refractivity contribution in [3.05, 3.63) is 70.5 Å². The van der Waals surface area contributed by atoms with Gasteiger partial charge in [0.2, 0.25) is 0 Å². The zero-order valence-corrected chi connectivity index (χ0v) is 15.7. The van der Waals surface area contributed by atoms with Gasteiger partial charge in [-0.05, 0) is 49.1 Å². The van der Waals surface area contributed by atoms with Crippen molar-refractivity contribution in [1.82, 2.24) is 4.57 Å². The van der Waals surface area contributed by atoms with Crippen LogP contribution < -0.4 is 10.3 Å². The molecule has 0 amide bonds. The minimum absolute atomic E-state index is 0.0114. The standard InChI is InChI=1S/C22H21F3N2O2/c23-22(24,25)18-13-16(26-10-7-15(14-28)8-11-26)5-6-20(18)27-12-9-21(29)17-3-1-2-4-19(17)27/h1-6,9,12-13,15,28H,7-8,10-11,14H2. The van der Waals surface area contributed by atoms with Crippen LogP contribution in [0.15, 0.2) is 59.5 Å². The fraction of sp³-hybridized carbons (Fsp3) is 0.318. The van der Waals surface area contributed by atoms with Crippen LogP contribution in [0.1, 0.15) is 18.4 Å². The third kappa shape index (κ3) is 3.74. The van der Waals surface area contributed by atoms with E-state index in [1.54, 1.807) is 30.3 Å². The third-order valence-corrected chi connectivity index (χ3v) is 5.59. The number of alkyl halides is 3. The number of nitrogens with zero attached hydrogens (tertiary/aromatic N) is 2. The van der Waals surface area contributed by atoms with E-state index in [0.717, 1.165) is 12.8 Å². The van der Waals surface area contributed by atoms with Crippen LogP contribution in [0.2, 0.25) is 0 Å². The maximum Gasteiger partial charge on any atom is 0.418 e. The number of rotatable bonds is 3. The molecule has 4 rings (SSSR count). The van der Waals surface area contributed by atoms with Crippen LogP contribution >= 0.6 is 0 Å². The number of pyridine rings is 1. The molecule has 0 unspecified atom stereocenters. The van der Waals surface area contributed by atoms with E-state index in [1.807, 2.05) is 4.90 Å². The number of para-hydroxylation sites is 1. The van der Waals surface area contributed by atoms with Gasteiger partial charge in [-0.25, -0.2) is 0 Å². The lowest BCUT2D eigenvalue weighted by Gasteiger charge is -2.33. The number of anilines is 1. The Morgan fingerprint density at radius 1 is 1.03 bits per heavy atom. The number of aliphatic hydroxyl groups excluding tert-OH is 1. The number of hydrogen-bond acceptors (Lipinski definition) is 3. The van der Waals surface area contributed by atoms with Crippen LogP contribution in [0.4, 0.5) is 18.9 Å². The lowest BCUT2D eigenvalue weighted by atomic mass is 9.97. The Morgan fingerprint density at radius 2 is 1.76 bits per heavy atom. The predicted molar refractivity (Wildman–Crippen MR) is 107 cm³/mol. The number of fused-ring (bicyclic) bond motifs is 1. The van der Waals surface area contributed by atoms with Crippen LogP contribution in [0, 0.1) is 5.92 Å². The molecule has 2 aromatic carbocycles. The SMILES string of the molecule is O=c1ccn(-c2ccc(N3CCC(CO)CC3)cc2C(F)(F)F)c2ccccc12. The maximum atomic E-state index is 14.0. The molecule has 0 aliphatic carbocycles. The quantitative estimate of drug-likeness (QED) is 0.714. The van der Waals surface area contributed by atoms with E-state index in [2.05, 4.69) is 0 Å². The molecular weight excluding hydrogens is 381 g/mol. The van der Waals surface area contributed by atoms with Gasteiger partial charge in [-0.15, -0.1) is 0 Å². The van der Waals surface area contributed by atoms with E-state index in [9.17, 15) is 23.1 Å². The van der Waals surface area contributed by atoms with Gasteiger partial charge in [0, 0.05) is 43.0 Å². The zero-order chi connectivity index (χ0) is 20.6. The number of benzene rings is 2. The van der Waals surface area contributed by atoms with E-state index in [1.165, 1.54) is 29.0 Å². The number of halogens is 3. The van der Waals surface area contributed by atoms with Gasteiger partial charge in [0.15, 0.2) is 5.43 Å². The minimum Gasteiger partial charge on any atom is -0.396 e. The molecule has 1 saturated heterocycles. The summed E-state index contributed by atoms with van der Waals surface area (Å²) in [5.74, 6) is 0.208. The Morgan fingerprint density at radius 3 is 2.45 bits per heavy atom. The summed E-state index contributed by atoms with van der Waals surface area (Å²) in [6, 6.07) is 12.3. The van der Waals surface area contributed by atoms with E-state index in [4.69, 9.17) is 0 Å². The maximum absolute atomic E-state index is 14.0. The summed E-state index contributed by atoms with van der Waals surface area (Å²) < 4.78 is 43.3. The molecule has 1 aliphatic rings. The molecule has 1 aromatic heterocycles. The summed E-state index contributed by atoms with van der Waals surface area (Å²) in [4.78, 5) is 14.0. The predicted octanol–water partition coefficient (Wildman–Crippen LogP) is 4.22. The monoisotopic (exact) mass is 402 g/mol. The molecule has 1 N–H and O–H groups in total. The molecule has 1 fully saturated rings. The van der Waals surface area contributed by atoms with E-state index in [0.29, 0.717) is 29.7 Å².